The van der Waals surface area contributed by atoms with Crippen molar-refractivity contribution in [1.29, 1.82) is 0 Å². The van der Waals surface area contributed by atoms with Gasteiger partial charge >= 0.3 is 6.18 Å². The van der Waals surface area contributed by atoms with Crippen molar-refractivity contribution in [3.8, 4) is 0 Å². The highest BCUT2D eigenvalue weighted by Crippen LogP contribution is 2.36. The summed E-state index contributed by atoms with van der Waals surface area (Å²) in [6.45, 7) is 0.333. The molecule has 152 valence electrons. The van der Waals surface area contributed by atoms with E-state index in [1.165, 1.54) is 17.0 Å². The lowest BCUT2D eigenvalue weighted by Crippen LogP contribution is -2.40. The molecule has 2 N–H and O–H groups in total. The van der Waals surface area contributed by atoms with E-state index in [4.69, 9.17) is 17.3 Å². The Morgan fingerprint density at radius 3 is 2.59 bits per heavy atom. The highest BCUT2D eigenvalue weighted by atomic mass is 35.5. The molecule has 0 bridgehead atoms. The van der Waals surface area contributed by atoms with Crippen molar-refractivity contribution in [3.05, 3.63) is 75.7 Å². The Morgan fingerprint density at radius 1 is 1.24 bits per heavy atom. The number of hydrogen-bond donors (Lipinski definition) is 1. The molecule has 0 saturated carbocycles. The highest BCUT2D eigenvalue weighted by molar-refractivity contribution is 6.34. The van der Waals surface area contributed by atoms with Crippen LogP contribution in [0.2, 0.25) is 5.02 Å². The van der Waals surface area contributed by atoms with Crippen LogP contribution in [0.3, 0.4) is 0 Å². The Morgan fingerprint density at radius 2 is 2.00 bits per heavy atom. The summed E-state index contributed by atoms with van der Waals surface area (Å²) >= 11 is 5.89. The third-order valence-electron chi connectivity index (χ3n) is 4.62. The second-order valence-corrected chi connectivity index (χ2v) is 6.81. The van der Waals surface area contributed by atoms with Gasteiger partial charge in [-0.25, -0.2) is 0 Å². The van der Waals surface area contributed by atoms with Crippen LogP contribution in [0.25, 0.3) is 0 Å². The third kappa shape index (κ3) is 4.27. The second-order valence-electron chi connectivity index (χ2n) is 6.43. The summed E-state index contributed by atoms with van der Waals surface area (Å²) < 4.78 is 39.2. The molecule has 2 aromatic rings. The minimum absolute atomic E-state index is 0.0621. The van der Waals surface area contributed by atoms with Crippen molar-refractivity contribution in [3.63, 3.8) is 0 Å². The molecule has 0 fully saturated rings. The van der Waals surface area contributed by atoms with Gasteiger partial charge in [0.05, 0.1) is 34.1 Å². The third-order valence-corrected chi connectivity index (χ3v) is 5.03. The Kier molecular flexibility index (Phi) is 5.93. The summed E-state index contributed by atoms with van der Waals surface area (Å²) in [5.74, 6) is -0.601. The first-order valence-corrected chi connectivity index (χ1v) is 9.13. The van der Waals surface area contributed by atoms with E-state index < -0.39 is 22.7 Å². The van der Waals surface area contributed by atoms with E-state index in [0.29, 0.717) is 23.5 Å². The number of alkyl halides is 3. The average molecular weight is 423 g/mol. The fourth-order valence-electron chi connectivity index (χ4n) is 3.22. The van der Waals surface area contributed by atoms with Crippen LogP contribution in [0.5, 0.6) is 0 Å². The van der Waals surface area contributed by atoms with Gasteiger partial charge in [-0.2, -0.15) is 13.2 Å². The standard InChI is InChI=1S/C20H18ClF3N4O/c1-26-18(16-7-2-3-9-27-16)12-8-10-28(11-15(12)25)19(29)13-5-4-6-14(17(13)21)20(22,23)24/h2-7,9H,8,10-11,25H2,1H3. The Hall–Kier alpha value is -2.87. The van der Waals surface area contributed by atoms with E-state index in [9.17, 15) is 18.0 Å². The van der Waals surface area contributed by atoms with E-state index in [-0.39, 0.29) is 18.7 Å². The maximum Gasteiger partial charge on any atom is 0.417 e. The van der Waals surface area contributed by atoms with Crippen LogP contribution in [0.4, 0.5) is 13.2 Å². The number of nitrogens with two attached hydrogens (primary N) is 1. The SMILES string of the molecule is CN=C(C1=C(N)CN(C(=O)c2cccc(C(F)(F)F)c2Cl)CC1)c1ccccn1. The quantitative estimate of drug-likeness (QED) is 0.762. The number of aliphatic imine (C=N–C) groups is 1. The molecule has 0 atom stereocenters. The second kappa shape index (κ2) is 8.24. The fourth-order valence-corrected chi connectivity index (χ4v) is 3.54. The van der Waals surface area contributed by atoms with Crippen LogP contribution in [0.1, 0.15) is 28.0 Å². The van der Waals surface area contributed by atoms with E-state index in [0.717, 1.165) is 11.6 Å². The van der Waals surface area contributed by atoms with Crippen LogP contribution in [0.15, 0.2) is 58.9 Å². The van der Waals surface area contributed by atoms with Crippen LogP contribution in [-0.4, -0.2) is 41.6 Å². The topological polar surface area (TPSA) is 71.6 Å². The fraction of sp³-hybridized carbons (Fsp3) is 0.250. The number of nitrogens with zero attached hydrogens (tertiary/aromatic N) is 3. The van der Waals surface area contributed by atoms with Crippen LogP contribution < -0.4 is 5.73 Å². The van der Waals surface area contributed by atoms with Crippen LogP contribution in [0, 0.1) is 0 Å². The molecule has 3 rings (SSSR count). The summed E-state index contributed by atoms with van der Waals surface area (Å²) in [4.78, 5) is 22.8. The van der Waals surface area contributed by atoms with E-state index in [1.807, 2.05) is 12.1 Å². The number of carbonyl (C=O) groups is 1. The molecule has 0 unspecified atom stereocenters. The lowest BCUT2D eigenvalue weighted by atomic mass is 9.97. The van der Waals surface area contributed by atoms with Gasteiger partial charge in [0.2, 0.25) is 0 Å². The summed E-state index contributed by atoms with van der Waals surface area (Å²) in [7, 11) is 1.63. The molecule has 5 nitrogen and oxygen atoms in total. The lowest BCUT2D eigenvalue weighted by molar-refractivity contribution is -0.137. The van der Waals surface area contributed by atoms with E-state index in [1.54, 1.807) is 19.3 Å². The summed E-state index contributed by atoms with van der Waals surface area (Å²) in [6.07, 6.45) is -2.60. The van der Waals surface area contributed by atoms with Gasteiger partial charge in [0, 0.05) is 31.1 Å². The smallest absolute Gasteiger partial charge is 0.400 e. The van der Waals surface area contributed by atoms with E-state index >= 15 is 0 Å². The zero-order valence-corrected chi connectivity index (χ0v) is 16.3. The molecule has 1 aromatic heterocycles. The van der Waals surface area contributed by atoms with Gasteiger partial charge in [-0.3, -0.25) is 14.8 Å². The van der Waals surface area contributed by atoms with Gasteiger partial charge in [0.1, 0.15) is 0 Å². The molecule has 0 aliphatic carbocycles. The molecule has 1 amide bonds. The first-order chi connectivity index (χ1) is 13.7. The lowest BCUT2D eigenvalue weighted by Gasteiger charge is -2.30. The molecular weight excluding hydrogens is 405 g/mol. The minimum Gasteiger partial charge on any atom is -0.400 e. The number of aromatic nitrogens is 1. The van der Waals surface area contributed by atoms with Crippen molar-refractivity contribution < 1.29 is 18.0 Å². The van der Waals surface area contributed by atoms with Gasteiger partial charge in [-0.05, 0) is 30.7 Å². The van der Waals surface area contributed by atoms with E-state index in [2.05, 4.69) is 9.98 Å². The van der Waals surface area contributed by atoms with Gasteiger partial charge in [-0.15, -0.1) is 0 Å². The molecule has 2 heterocycles. The molecule has 0 radical (unpaired) electrons. The zero-order valence-electron chi connectivity index (χ0n) is 15.5. The number of rotatable bonds is 3. The van der Waals surface area contributed by atoms with Crippen LogP contribution in [-0.2, 0) is 6.18 Å². The molecule has 1 aromatic carbocycles. The molecule has 0 spiro atoms. The maximum atomic E-state index is 13.1. The predicted molar refractivity (Wildman–Crippen MR) is 105 cm³/mol. The van der Waals surface area contributed by atoms with Crippen LogP contribution >= 0.6 is 11.6 Å². The van der Waals surface area contributed by atoms with Gasteiger partial charge in [0.25, 0.3) is 5.91 Å². The van der Waals surface area contributed by atoms with Gasteiger partial charge in [0.15, 0.2) is 0 Å². The number of halogens is 4. The normalized spacial score (nSPS) is 15.6. The number of benzene rings is 1. The summed E-state index contributed by atoms with van der Waals surface area (Å²) in [6, 6.07) is 8.72. The molecule has 1 aliphatic heterocycles. The summed E-state index contributed by atoms with van der Waals surface area (Å²) in [5, 5.41) is -0.609. The number of hydrogen-bond acceptors (Lipinski definition) is 4. The van der Waals surface area contributed by atoms with Gasteiger partial charge < -0.3 is 10.6 Å². The predicted octanol–water partition coefficient (Wildman–Crippen LogP) is 3.93. The zero-order chi connectivity index (χ0) is 21.2. The van der Waals surface area contributed by atoms with Crippen molar-refractivity contribution in [1.82, 2.24) is 9.88 Å². The maximum absolute atomic E-state index is 13.1. The van der Waals surface area contributed by atoms with Gasteiger partial charge in [-0.1, -0.05) is 23.7 Å². The first-order valence-electron chi connectivity index (χ1n) is 8.75. The Balaban J connectivity index is 1.87. The summed E-state index contributed by atoms with van der Waals surface area (Å²) in [5.41, 5.74) is 7.44. The minimum atomic E-state index is -4.64. The van der Waals surface area contributed by atoms with Crippen molar-refractivity contribution in [2.45, 2.75) is 12.6 Å². The largest absolute Gasteiger partial charge is 0.417 e. The van der Waals surface area contributed by atoms with Crippen molar-refractivity contribution in [2.24, 2.45) is 10.7 Å². The first kappa shape index (κ1) is 20.9. The molecular formula is C20H18ClF3N4O. The number of carbonyl (C=O) groups excluding carboxylic acids is 1. The molecule has 1 aliphatic rings. The van der Waals surface area contributed by atoms with Crippen molar-refractivity contribution >= 4 is 23.2 Å². The monoisotopic (exact) mass is 422 g/mol. The molecule has 29 heavy (non-hydrogen) atoms. The highest BCUT2D eigenvalue weighted by Gasteiger charge is 2.35. The van der Waals surface area contributed by atoms with Crippen molar-refractivity contribution in [2.75, 3.05) is 20.1 Å². The number of amides is 1. The molecule has 9 heteroatoms. The Labute approximate surface area is 170 Å². The number of pyridine rings is 1. The molecule has 0 saturated heterocycles. The Bertz CT molecular complexity index is 987. The average Bonchev–Trinajstić information content (AvgIpc) is 2.69.